The van der Waals surface area contributed by atoms with E-state index in [0.29, 0.717) is 23.4 Å². The topological polar surface area (TPSA) is 76.7 Å². The summed E-state index contributed by atoms with van der Waals surface area (Å²) in [4.78, 5) is 26.1. The van der Waals surface area contributed by atoms with E-state index in [0.717, 1.165) is 29.0 Å². The predicted molar refractivity (Wildman–Crippen MR) is 142 cm³/mol. The van der Waals surface area contributed by atoms with Gasteiger partial charge in [0.05, 0.1) is 7.11 Å². The van der Waals surface area contributed by atoms with Crippen molar-refractivity contribution in [3.8, 4) is 11.5 Å². The first-order chi connectivity index (χ1) is 17.3. The molecule has 1 heterocycles. The zero-order chi connectivity index (χ0) is 25.7. The third-order valence-corrected chi connectivity index (χ3v) is 6.09. The van der Waals surface area contributed by atoms with Crippen LogP contribution in [0, 0.1) is 0 Å². The van der Waals surface area contributed by atoms with Gasteiger partial charge in [-0.25, -0.2) is 0 Å². The Balaban J connectivity index is 1.54. The van der Waals surface area contributed by atoms with E-state index in [2.05, 4.69) is 24.5 Å². The maximum atomic E-state index is 13.3. The van der Waals surface area contributed by atoms with Gasteiger partial charge in [-0.05, 0) is 68.7 Å². The van der Waals surface area contributed by atoms with E-state index >= 15 is 0 Å². The molecule has 0 saturated heterocycles. The molecular weight excluding hydrogens is 452 g/mol. The van der Waals surface area contributed by atoms with Gasteiger partial charge < -0.3 is 20.1 Å². The third kappa shape index (κ3) is 5.95. The first kappa shape index (κ1) is 25.0. The largest absolute Gasteiger partial charge is 0.497 e. The van der Waals surface area contributed by atoms with Crippen LogP contribution in [0.2, 0.25) is 0 Å². The normalized spacial score (nSPS) is 15.8. The molecule has 0 bridgehead atoms. The lowest BCUT2D eigenvalue weighted by Crippen LogP contribution is -2.43. The third-order valence-electron chi connectivity index (χ3n) is 6.09. The van der Waals surface area contributed by atoms with Gasteiger partial charge in [-0.2, -0.15) is 0 Å². The summed E-state index contributed by atoms with van der Waals surface area (Å²) in [5, 5.41) is 6.38. The van der Waals surface area contributed by atoms with Crippen LogP contribution in [0.4, 0.5) is 5.69 Å². The van der Waals surface area contributed by atoms with Crippen LogP contribution in [0.5, 0.6) is 11.5 Å². The molecule has 36 heavy (non-hydrogen) atoms. The van der Waals surface area contributed by atoms with Crippen molar-refractivity contribution in [2.45, 2.75) is 45.3 Å². The lowest BCUT2D eigenvalue weighted by Gasteiger charge is -2.35. The number of para-hydroxylation sites is 1. The van der Waals surface area contributed by atoms with E-state index in [9.17, 15) is 9.59 Å². The van der Waals surface area contributed by atoms with E-state index in [-0.39, 0.29) is 17.2 Å². The lowest BCUT2D eigenvalue weighted by molar-refractivity contribution is -0.122. The summed E-state index contributed by atoms with van der Waals surface area (Å²) in [6.07, 6.45) is 2.32. The zero-order valence-electron chi connectivity index (χ0n) is 21.1. The highest BCUT2D eigenvalue weighted by Crippen LogP contribution is 2.32. The predicted octanol–water partition coefficient (Wildman–Crippen LogP) is 5.64. The number of fused-ring (bicyclic) bond motifs is 1. The van der Waals surface area contributed by atoms with Crippen LogP contribution < -0.4 is 20.1 Å². The fourth-order valence-corrected chi connectivity index (χ4v) is 4.33. The highest BCUT2D eigenvalue weighted by molar-refractivity contribution is 6.09. The smallest absolute Gasteiger partial charge is 0.265 e. The monoisotopic (exact) mass is 484 g/mol. The first-order valence-electron chi connectivity index (χ1n) is 12.1. The average Bonchev–Trinajstić information content (AvgIpc) is 2.87. The number of nitrogens with one attached hydrogen (secondary N) is 2. The summed E-state index contributed by atoms with van der Waals surface area (Å²) in [6.45, 7) is 6.11. The zero-order valence-corrected chi connectivity index (χ0v) is 21.1. The Morgan fingerprint density at radius 2 is 1.81 bits per heavy atom. The summed E-state index contributed by atoms with van der Waals surface area (Å²) >= 11 is 0. The van der Waals surface area contributed by atoms with Gasteiger partial charge in [0.15, 0.2) is 11.9 Å². The number of carbonyl (C=O) groups is 2. The SMILES string of the molecule is CCC(Oc1ccccc1)C(=O)Nc1cccc(C(=O)C=C2NC(C)(C)Cc3ccc(OC)cc32)c1. The van der Waals surface area contributed by atoms with E-state index in [4.69, 9.17) is 9.47 Å². The molecule has 6 nitrogen and oxygen atoms in total. The Kier molecular flexibility index (Phi) is 7.44. The van der Waals surface area contributed by atoms with Gasteiger partial charge in [-0.15, -0.1) is 0 Å². The van der Waals surface area contributed by atoms with Crippen LogP contribution in [-0.2, 0) is 11.2 Å². The summed E-state index contributed by atoms with van der Waals surface area (Å²) in [5.74, 6) is 0.949. The van der Waals surface area contributed by atoms with Crippen molar-refractivity contribution in [3.63, 3.8) is 0 Å². The summed E-state index contributed by atoms with van der Waals surface area (Å²) in [6, 6.07) is 22.1. The molecule has 0 saturated carbocycles. The summed E-state index contributed by atoms with van der Waals surface area (Å²) in [5.41, 5.74) is 3.68. The molecule has 4 rings (SSSR count). The van der Waals surface area contributed by atoms with Crippen LogP contribution in [0.15, 0.2) is 78.9 Å². The van der Waals surface area contributed by atoms with E-state index < -0.39 is 6.10 Å². The number of rotatable bonds is 8. The Hall–Kier alpha value is -4.06. The Labute approximate surface area is 212 Å². The van der Waals surface area contributed by atoms with Crippen molar-refractivity contribution < 1.29 is 19.1 Å². The van der Waals surface area contributed by atoms with Crippen molar-refractivity contribution in [3.05, 3.63) is 95.6 Å². The van der Waals surface area contributed by atoms with Gasteiger partial charge in [0.1, 0.15) is 11.5 Å². The molecule has 0 aromatic heterocycles. The molecule has 1 unspecified atom stereocenters. The van der Waals surface area contributed by atoms with Crippen LogP contribution in [-0.4, -0.2) is 30.4 Å². The molecule has 186 valence electrons. The molecule has 1 atom stereocenters. The second kappa shape index (κ2) is 10.7. The Bertz CT molecular complexity index is 1280. The quantitative estimate of drug-likeness (QED) is 0.320. The minimum atomic E-state index is -0.644. The number of ketones is 1. The highest BCUT2D eigenvalue weighted by atomic mass is 16.5. The van der Waals surface area contributed by atoms with E-state index in [1.54, 1.807) is 37.5 Å². The number of benzene rings is 3. The van der Waals surface area contributed by atoms with Crippen LogP contribution in [0.25, 0.3) is 5.70 Å². The molecule has 1 aliphatic rings. The number of carbonyl (C=O) groups excluding carboxylic acids is 2. The second-order valence-electron chi connectivity index (χ2n) is 9.53. The molecule has 1 aliphatic heterocycles. The fraction of sp³-hybridized carbons (Fsp3) is 0.267. The number of hydrogen-bond acceptors (Lipinski definition) is 5. The minimum Gasteiger partial charge on any atom is -0.497 e. The number of amides is 1. The van der Waals surface area contributed by atoms with Crippen molar-refractivity contribution >= 4 is 23.1 Å². The molecule has 0 spiro atoms. The molecule has 3 aromatic rings. The molecule has 3 aromatic carbocycles. The number of allylic oxidation sites excluding steroid dienone is 1. The molecule has 6 heteroatoms. The van der Waals surface area contributed by atoms with Crippen LogP contribution in [0.3, 0.4) is 0 Å². The van der Waals surface area contributed by atoms with Crippen molar-refractivity contribution in [2.24, 2.45) is 0 Å². The van der Waals surface area contributed by atoms with Crippen LogP contribution >= 0.6 is 0 Å². The van der Waals surface area contributed by atoms with E-state index in [1.165, 1.54) is 0 Å². The maximum absolute atomic E-state index is 13.3. The fourth-order valence-electron chi connectivity index (χ4n) is 4.33. The van der Waals surface area contributed by atoms with Gasteiger partial charge in [0, 0.05) is 34.1 Å². The molecule has 0 fully saturated rings. The highest BCUT2D eigenvalue weighted by Gasteiger charge is 2.28. The summed E-state index contributed by atoms with van der Waals surface area (Å²) < 4.78 is 11.2. The van der Waals surface area contributed by atoms with Gasteiger partial charge in [-0.3, -0.25) is 9.59 Å². The van der Waals surface area contributed by atoms with Crippen molar-refractivity contribution in [1.82, 2.24) is 5.32 Å². The molecular formula is C30H32N2O4. The number of methoxy groups -OCH3 is 1. The molecule has 2 N–H and O–H groups in total. The number of anilines is 1. The summed E-state index contributed by atoms with van der Waals surface area (Å²) in [7, 11) is 1.63. The number of hydrogen-bond donors (Lipinski definition) is 2. The molecule has 0 aliphatic carbocycles. The standard InChI is InChI=1S/C30H32N2O4/c1-5-28(36-23-12-7-6-8-13-23)29(34)31-22-11-9-10-20(16-22)27(33)18-26-25-17-24(35-4)15-14-21(25)19-30(2,3)32-26/h6-18,28,32H,5,19H2,1-4H3,(H,31,34). The average molecular weight is 485 g/mol. The molecule has 0 radical (unpaired) electrons. The van der Waals surface area contributed by atoms with Gasteiger partial charge in [0.25, 0.3) is 5.91 Å². The van der Waals surface area contributed by atoms with Gasteiger partial charge in [-0.1, -0.05) is 43.3 Å². The van der Waals surface area contributed by atoms with Crippen molar-refractivity contribution in [2.75, 3.05) is 12.4 Å². The van der Waals surface area contributed by atoms with Gasteiger partial charge >= 0.3 is 0 Å². The maximum Gasteiger partial charge on any atom is 0.265 e. The Morgan fingerprint density at radius 3 is 2.53 bits per heavy atom. The lowest BCUT2D eigenvalue weighted by atomic mass is 9.85. The van der Waals surface area contributed by atoms with Crippen LogP contribution in [0.1, 0.15) is 48.7 Å². The van der Waals surface area contributed by atoms with Crippen molar-refractivity contribution in [1.29, 1.82) is 0 Å². The molecule has 1 amide bonds. The first-order valence-corrected chi connectivity index (χ1v) is 12.1. The Morgan fingerprint density at radius 1 is 1.03 bits per heavy atom. The second-order valence-corrected chi connectivity index (χ2v) is 9.53. The van der Waals surface area contributed by atoms with E-state index in [1.807, 2.05) is 55.5 Å². The minimum absolute atomic E-state index is 0.160. The number of ether oxygens (including phenoxy) is 2. The van der Waals surface area contributed by atoms with Gasteiger partial charge in [0.2, 0.25) is 0 Å².